The summed E-state index contributed by atoms with van der Waals surface area (Å²) in [4.78, 5) is 23.4. The summed E-state index contributed by atoms with van der Waals surface area (Å²) in [6.07, 6.45) is 4.74. The Morgan fingerprint density at radius 3 is 2.44 bits per heavy atom. The van der Waals surface area contributed by atoms with Crippen LogP contribution in [0.1, 0.15) is 41.9 Å². The van der Waals surface area contributed by atoms with E-state index in [-0.39, 0.29) is 5.91 Å². The number of carbonyl (C=O) groups is 1. The van der Waals surface area contributed by atoms with Crippen LogP contribution in [0.5, 0.6) is 0 Å². The van der Waals surface area contributed by atoms with E-state index in [0.717, 1.165) is 29.9 Å². The molecule has 2 N–H and O–H groups in total. The molecule has 1 aromatic carbocycles. The minimum Gasteiger partial charge on any atom is -0.378 e. The van der Waals surface area contributed by atoms with Gasteiger partial charge in [0.05, 0.1) is 0 Å². The first-order valence-electron chi connectivity index (χ1n) is 8.72. The standard InChI is InChI=1S/C19H25N5O/c1-13-12-17(23-19(20-13)22-14-6-4-5-7-14)18(25)21-15-8-10-16(11-9-15)24(2)3/h8-12,14H,4-7H2,1-3H3,(H,21,25)(H,20,22,23). The van der Waals surface area contributed by atoms with Crippen LogP contribution < -0.4 is 15.5 Å². The van der Waals surface area contributed by atoms with Crippen molar-refractivity contribution in [1.82, 2.24) is 9.97 Å². The van der Waals surface area contributed by atoms with Crippen LogP contribution in [0.25, 0.3) is 0 Å². The number of nitrogens with zero attached hydrogens (tertiary/aromatic N) is 3. The second kappa shape index (κ2) is 7.51. The van der Waals surface area contributed by atoms with E-state index in [1.165, 1.54) is 12.8 Å². The Labute approximate surface area is 148 Å². The molecule has 1 heterocycles. The molecular weight excluding hydrogens is 314 g/mol. The maximum Gasteiger partial charge on any atom is 0.274 e. The van der Waals surface area contributed by atoms with Crippen molar-refractivity contribution >= 4 is 23.2 Å². The van der Waals surface area contributed by atoms with Gasteiger partial charge in [0.25, 0.3) is 5.91 Å². The Morgan fingerprint density at radius 2 is 1.80 bits per heavy atom. The summed E-state index contributed by atoms with van der Waals surface area (Å²) < 4.78 is 0. The van der Waals surface area contributed by atoms with Crippen molar-refractivity contribution in [2.75, 3.05) is 29.6 Å². The summed E-state index contributed by atoms with van der Waals surface area (Å²) in [5.41, 5.74) is 2.99. The molecular formula is C19H25N5O. The van der Waals surface area contributed by atoms with Gasteiger partial charge < -0.3 is 15.5 Å². The van der Waals surface area contributed by atoms with Gasteiger partial charge in [0.15, 0.2) is 0 Å². The molecule has 3 rings (SSSR count). The zero-order valence-electron chi connectivity index (χ0n) is 15.0. The van der Waals surface area contributed by atoms with Crippen LogP contribution in [0, 0.1) is 6.92 Å². The predicted octanol–water partition coefficient (Wildman–Crippen LogP) is 3.46. The van der Waals surface area contributed by atoms with Gasteiger partial charge in [-0.2, -0.15) is 0 Å². The van der Waals surface area contributed by atoms with Crippen LogP contribution >= 0.6 is 0 Å². The summed E-state index contributed by atoms with van der Waals surface area (Å²) in [6.45, 7) is 1.88. The third-order valence-corrected chi connectivity index (χ3v) is 4.42. The summed E-state index contributed by atoms with van der Waals surface area (Å²) >= 11 is 0. The minimum absolute atomic E-state index is 0.224. The van der Waals surface area contributed by atoms with Crippen LogP contribution in [0.15, 0.2) is 30.3 Å². The number of aromatic nitrogens is 2. The molecule has 1 aliphatic rings. The minimum atomic E-state index is -0.224. The molecule has 1 amide bonds. The smallest absolute Gasteiger partial charge is 0.274 e. The van der Waals surface area contributed by atoms with E-state index in [0.29, 0.717) is 17.7 Å². The van der Waals surface area contributed by atoms with Gasteiger partial charge in [-0.05, 0) is 50.1 Å². The van der Waals surface area contributed by atoms with E-state index in [1.54, 1.807) is 6.07 Å². The first-order valence-corrected chi connectivity index (χ1v) is 8.72. The van der Waals surface area contributed by atoms with Crippen molar-refractivity contribution in [3.63, 3.8) is 0 Å². The van der Waals surface area contributed by atoms with Crippen molar-refractivity contribution in [2.24, 2.45) is 0 Å². The Balaban J connectivity index is 1.71. The quantitative estimate of drug-likeness (QED) is 0.873. The molecule has 0 bridgehead atoms. The van der Waals surface area contributed by atoms with E-state index < -0.39 is 0 Å². The number of aryl methyl sites for hydroxylation is 1. The van der Waals surface area contributed by atoms with Gasteiger partial charge in [-0.15, -0.1) is 0 Å². The molecule has 0 spiro atoms. The molecule has 2 aromatic rings. The normalized spacial score (nSPS) is 14.4. The third kappa shape index (κ3) is 4.47. The molecule has 1 fully saturated rings. The van der Waals surface area contributed by atoms with Crippen LogP contribution in [-0.2, 0) is 0 Å². The highest BCUT2D eigenvalue weighted by Gasteiger charge is 2.17. The Bertz CT molecular complexity index is 736. The van der Waals surface area contributed by atoms with Crippen molar-refractivity contribution in [2.45, 2.75) is 38.6 Å². The van der Waals surface area contributed by atoms with Gasteiger partial charge in [-0.25, -0.2) is 9.97 Å². The van der Waals surface area contributed by atoms with Crippen LogP contribution in [0.4, 0.5) is 17.3 Å². The molecule has 25 heavy (non-hydrogen) atoms. The number of carbonyl (C=O) groups excluding carboxylic acids is 1. The largest absolute Gasteiger partial charge is 0.378 e. The fourth-order valence-corrected chi connectivity index (χ4v) is 3.04. The highest BCUT2D eigenvalue weighted by molar-refractivity contribution is 6.03. The zero-order chi connectivity index (χ0) is 17.8. The summed E-state index contributed by atoms with van der Waals surface area (Å²) in [5, 5.41) is 6.25. The lowest BCUT2D eigenvalue weighted by Gasteiger charge is -2.14. The van der Waals surface area contributed by atoms with Gasteiger partial charge in [0, 0.05) is 37.2 Å². The molecule has 6 nitrogen and oxygen atoms in total. The first-order chi connectivity index (χ1) is 12.0. The van der Waals surface area contributed by atoms with Crippen molar-refractivity contribution in [3.8, 4) is 0 Å². The van der Waals surface area contributed by atoms with Gasteiger partial charge >= 0.3 is 0 Å². The second-order valence-corrected chi connectivity index (χ2v) is 6.74. The molecule has 6 heteroatoms. The van der Waals surface area contributed by atoms with E-state index in [1.807, 2.05) is 50.2 Å². The fourth-order valence-electron chi connectivity index (χ4n) is 3.04. The summed E-state index contributed by atoms with van der Waals surface area (Å²) in [5.74, 6) is 0.317. The average molecular weight is 339 g/mol. The molecule has 0 atom stereocenters. The highest BCUT2D eigenvalue weighted by atomic mass is 16.1. The summed E-state index contributed by atoms with van der Waals surface area (Å²) in [6, 6.07) is 9.83. The van der Waals surface area contributed by atoms with E-state index in [2.05, 4.69) is 20.6 Å². The average Bonchev–Trinajstić information content (AvgIpc) is 3.07. The number of amides is 1. The molecule has 132 valence electrons. The maximum atomic E-state index is 12.5. The Morgan fingerprint density at radius 1 is 1.12 bits per heavy atom. The Kier molecular flexibility index (Phi) is 5.16. The Hall–Kier alpha value is -2.63. The monoisotopic (exact) mass is 339 g/mol. The van der Waals surface area contributed by atoms with Crippen molar-refractivity contribution in [1.29, 1.82) is 0 Å². The molecule has 1 aromatic heterocycles. The molecule has 0 unspecified atom stereocenters. The van der Waals surface area contributed by atoms with Crippen LogP contribution in [0.3, 0.4) is 0 Å². The van der Waals surface area contributed by atoms with E-state index in [4.69, 9.17) is 0 Å². The van der Waals surface area contributed by atoms with Crippen LogP contribution in [-0.4, -0.2) is 36.0 Å². The van der Waals surface area contributed by atoms with Gasteiger partial charge in [0.1, 0.15) is 5.69 Å². The zero-order valence-corrected chi connectivity index (χ0v) is 15.0. The van der Waals surface area contributed by atoms with Crippen molar-refractivity contribution in [3.05, 3.63) is 41.7 Å². The lowest BCUT2D eigenvalue weighted by Crippen LogP contribution is -2.20. The lowest BCUT2D eigenvalue weighted by atomic mass is 10.2. The number of nitrogens with one attached hydrogen (secondary N) is 2. The van der Waals surface area contributed by atoms with Crippen molar-refractivity contribution < 1.29 is 4.79 Å². The number of rotatable bonds is 5. The molecule has 1 saturated carbocycles. The van der Waals surface area contributed by atoms with Gasteiger partial charge in [0.2, 0.25) is 5.95 Å². The SMILES string of the molecule is Cc1cc(C(=O)Nc2ccc(N(C)C)cc2)nc(NC2CCCC2)n1. The second-order valence-electron chi connectivity index (χ2n) is 6.74. The summed E-state index contributed by atoms with van der Waals surface area (Å²) in [7, 11) is 3.96. The number of hydrogen-bond donors (Lipinski definition) is 2. The highest BCUT2D eigenvalue weighted by Crippen LogP contribution is 2.21. The maximum absolute atomic E-state index is 12.5. The predicted molar refractivity (Wildman–Crippen MR) is 101 cm³/mol. The van der Waals surface area contributed by atoms with E-state index in [9.17, 15) is 4.79 Å². The van der Waals surface area contributed by atoms with Crippen LogP contribution in [0.2, 0.25) is 0 Å². The molecule has 1 aliphatic carbocycles. The first kappa shape index (κ1) is 17.2. The van der Waals surface area contributed by atoms with Gasteiger partial charge in [-0.1, -0.05) is 12.8 Å². The van der Waals surface area contributed by atoms with Gasteiger partial charge in [-0.3, -0.25) is 4.79 Å². The fraction of sp³-hybridized carbons (Fsp3) is 0.421. The lowest BCUT2D eigenvalue weighted by molar-refractivity contribution is 0.102. The number of benzene rings is 1. The molecule has 0 radical (unpaired) electrons. The number of hydrogen-bond acceptors (Lipinski definition) is 5. The topological polar surface area (TPSA) is 70.2 Å². The van der Waals surface area contributed by atoms with E-state index >= 15 is 0 Å². The molecule has 0 aliphatic heterocycles. The third-order valence-electron chi connectivity index (χ3n) is 4.42. The number of anilines is 3. The molecule has 0 saturated heterocycles.